The highest BCUT2D eigenvalue weighted by atomic mass is 16.4. The van der Waals surface area contributed by atoms with E-state index in [1.54, 1.807) is 0 Å². The van der Waals surface area contributed by atoms with E-state index in [1.165, 1.54) is 25.7 Å². The van der Waals surface area contributed by atoms with Crippen LogP contribution in [0.4, 0.5) is 0 Å². The predicted octanol–water partition coefficient (Wildman–Crippen LogP) is 4.07. The van der Waals surface area contributed by atoms with Gasteiger partial charge in [-0.2, -0.15) is 0 Å². The molecule has 0 aromatic heterocycles. The van der Waals surface area contributed by atoms with Crippen molar-refractivity contribution in [2.24, 2.45) is 23.2 Å². The van der Waals surface area contributed by atoms with Gasteiger partial charge in [-0.1, -0.05) is 20.8 Å². The summed E-state index contributed by atoms with van der Waals surface area (Å²) < 4.78 is 0. The first-order valence-electron chi connectivity index (χ1n) is 8.82. The monoisotopic (exact) mass is 295 g/mol. The second kappa shape index (κ2) is 7.13. The van der Waals surface area contributed by atoms with Crippen molar-refractivity contribution in [1.29, 1.82) is 0 Å². The minimum absolute atomic E-state index is 0.0944. The molecule has 0 amide bonds. The zero-order chi connectivity index (χ0) is 15.5. The molecule has 0 saturated heterocycles. The Hall–Kier alpha value is -0.570. The third-order valence-corrected chi connectivity index (χ3v) is 5.54. The van der Waals surface area contributed by atoms with Crippen LogP contribution in [-0.4, -0.2) is 23.7 Å². The molecule has 0 radical (unpaired) electrons. The topological polar surface area (TPSA) is 49.3 Å². The molecule has 3 nitrogen and oxygen atoms in total. The SMILES string of the molecule is CC1CC(CCNC2CCC(C(=O)O)CC2)CC(C)(C)C1. The van der Waals surface area contributed by atoms with Gasteiger partial charge in [-0.25, -0.2) is 0 Å². The average molecular weight is 295 g/mol. The highest BCUT2D eigenvalue weighted by Crippen LogP contribution is 2.42. The fourth-order valence-corrected chi connectivity index (χ4v) is 4.80. The maximum absolute atomic E-state index is 11.0. The summed E-state index contributed by atoms with van der Waals surface area (Å²) in [7, 11) is 0. The molecule has 2 atom stereocenters. The van der Waals surface area contributed by atoms with Gasteiger partial charge in [0.05, 0.1) is 5.92 Å². The molecule has 122 valence electrons. The molecular formula is C18H33NO2. The second-order valence-electron chi connectivity index (χ2n) is 8.41. The number of hydrogen-bond donors (Lipinski definition) is 2. The van der Waals surface area contributed by atoms with Crippen molar-refractivity contribution in [3.63, 3.8) is 0 Å². The standard InChI is InChI=1S/C18H33NO2/c1-13-10-14(12-18(2,3)11-13)8-9-19-16-6-4-15(5-7-16)17(20)21/h13-16,19H,4-12H2,1-3H3,(H,20,21). The number of carboxylic acids is 1. The van der Waals surface area contributed by atoms with Crippen LogP contribution >= 0.6 is 0 Å². The summed E-state index contributed by atoms with van der Waals surface area (Å²) in [5.41, 5.74) is 0.516. The summed E-state index contributed by atoms with van der Waals surface area (Å²) in [5, 5.41) is 12.7. The van der Waals surface area contributed by atoms with Crippen molar-refractivity contribution in [3.05, 3.63) is 0 Å². The number of nitrogens with one attached hydrogen (secondary N) is 1. The largest absolute Gasteiger partial charge is 0.481 e. The molecule has 2 unspecified atom stereocenters. The number of rotatable bonds is 5. The molecule has 0 spiro atoms. The first-order chi connectivity index (χ1) is 9.85. The van der Waals surface area contributed by atoms with Crippen LogP contribution in [0.1, 0.15) is 72.1 Å². The van der Waals surface area contributed by atoms with Gasteiger partial charge in [0.1, 0.15) is 0 Å². The van der Waals surface area contributed by atoms with Crippen LogP contribution in [0.3, 0.4) is 0 Å². The Morgan fingerprint density at radius 1 is 1.19 bits per heavy atom. The van der Waals surface area contributed by atoms with Gasteiger partial charge in [-0.3, -0.25) is 4.79 Å². The smallest absolute Gasteiger partial charge is 0.306 e. The van der Waals surface area contributed by atoms with E-state index in [0.29, 0.717) is 11.5 Å². The zero-order valence-electron chi connectivity index (χ0n) is 14.0. The molecule has 3 heteroatoms. The fraction of sp³-hybridized carbons (Fsp3) is 0.944. The molecule has 21 heavy (non-hydrogen) atoms. The fourth-order valence-electron chi connectivity index (χ4n) is 4.80. The molecule has 2 fully saturated rings. The van der Waals surface area contributed by atoms with Crippen LogP contribution in [-0.2, 0) is 4.79 Å². The van der Waals surface area contributed by atoms with E-state index in [2.05, 4.69) is 26.1 Å². The molecule has 2 saturated carbocycles. The summed E-state index contributed by atoms with van der Waals surface area (Å²) in [5.74, 6) is 1.03. The van der Waals surface area contributed by atoms with Crippen LogP contribution in [0.2, 0.25) is 0 Å². The van der Waals surface area contributed by atoms with Crippen LogP contribution in [0.15, 0.2) is 0 Å². The van der Waals surface area contributed by atoms with Gasteiger partial charge in [-0.15, -0.1) is 0 Å². The Morgan fingerprint density at radius 3 is 2.43 bits per heavy atom. The summed E-state index contributed by atoms with van der Waals surface area (Å²) in [6.07, 6.45) is 9.17. The lowest BCUT2D eigenvalue weighted by Crippen LogP contribution is -2.37. The minimum atomic E-state index is -0.605. The van der Waals surface area contributed by atoms with Crippen molar-refractivity contribution >= 4 is 5.97 Å². The van der Waals surface area contributed by atoms with Gasteiger partial charge in [-0.05, 0) is 75.2 Å². The quantitative estimate of drug-likeness (QED) is 0.803. The highest BCUT2D eigenvalue weighted by molar-refractivity contribution is 5.70. The van der Waals surface area contributed by atoms with Crippen molar-refractivity contribution in [2.45, 2.75) is 78.2 Å². The summed E-state index contributed by atoms with van der Waals surface area (Å²) >= 11 is 0. The Labute approximate surface area is 129 Å². The summed E-state index contributed by atoms with van der Waals surface area (Å²) in [6.45, 7) is 8.33. The Morgan fingerprint density at radius 2 is 1.86 bits per heavy atom. The van der Waals surface area contributed by atoms with Gasteiger partial charge in [0.25, 0.3) is 0 Å². The van der Waals surface area contributed by atoms with Crippen molar-refractivity contribution in [1.82, 2.24) is 5.32 Å². The summed E-state index contributed by atoms with van der Waals surface area (Å²) in [4.78, 5) is 11.0. The third kappa shape index (κ3) is 5.28. The number of carboxylic acid groups (broad SMARTS) is 1. The molecular weight excluding hydrogens is 262 g/mol. The van der Waals surface area contributed by atoms with Crippen LogP contribution < -0.4 is 5.32 Å². The van der Waals surface area contributed by atoms with Crippen molar-refractivity contribution in [2.75, 3.05) is 6.54 Å². The van der Waals surface area contributed by atoms with Gasteiger partial charge in [0, 0.05) is 6.04 Å². The maximum Gasteiger partial charge on any atom is 0.306 e. The molecule has 0 bridgehead atoms. The van der Waals surface area contributed by atoms with E-state index in [4.69, 9.17) is 5.11 Å². The average Bonchev–Trinajstić information content (AvgIpc) is 2.37. The molecule has 2 N–H and O–H groups in total. The molecule has 0 aliphatic heterocycles. The Bertz CT molecular complexity index is 345. The molecule has 2 aliphatic rings. The zero-order valence-corrected chi connectivity index (χ0v) is 14.0. The first-order valence-corrected chi connectivity index (χ1v) is 8.82. The van der Waals surface area contributed by atoms with Crippen LogP contribution in [0, 0.1) is 23.2 Å². The van der Waals surface area contributed by atoms with Crippen LogP contribution in [0.5, 0.6) is 0 Å². The van der Waals surface area contributed by atoms with E-state index in [1.807, 2.05) is 0 Å². The molecule has 2 rings (SSSR count). The van der Waals surface area contributed by atoms with E-state index in [0.717, 1.165) is 44.1 Å². The molecule has 2 aliphatic carbocycles. The first kappa shape index (κ1) is 16.8. The molecule has 0 aromatic carbocycles. The number of aliphatic carboxylic acids is 1. The Kier molecular flexibility index (Phi) is 5.70. The van der Waals surface area contributed by atoms with Gasteiger partial charge >= 0.3 is 5.97 Å². The van der Waals surface area contributed by atoms with E-state index in [9.17, 15) is 4.79 Å². The number of hydrogen-bond acceptors (Lipinski definition) is 2. The summed E-state index contributed by atoms with van der Waals surface area (Å²) in [6, 6.07) is 0.551. The molecule has 0 aromatic rings. The van der Waals surface area contributed by atoms with E-state index in [-0.39, 0.29) is 5.92 Å². The lowest BCUT2D eigenvalue weighted by Gasteiger charge is -2.39. The predicted molar refractivity (Wildman–Crippen MR) is 86.3 cm³/mol. The van der Waals surface area contributed by atoms with Crippen molar-refractivity contribution < 1.29 is 9.90 Å². The van der Waals surface area contributed by atoms with Crippen LogP contribution in [0.25, 0.3) is 0 Å². The van der Waals surface area contributed by atoms with E-state index >= 15 is 0 Å². The lowest BCUT2D eigenvalue weighted by molar-refractivity contribution is -0.142. The second-order valence-corrected chi connectivity index (χ2v) is 8.41. The lowest BCUT2D eigenvalue weighted by atomic mass is 9.67. The van der Waals surface area contributed by atoms with Gasteiger partial charge in [0.15, 0.2) is 0 Å². The third-order valence-electron chi connectivity index (χ3n) is 5.54. The number of carbonyl (C=O) groups is 1. The molecule has 0 heterocycles. The Balaban J connectivity index is 1.65. The van der Waals surface area contributed by atoms with Gasteiger partial charge < -0.3 is 10.4 Å². The normalized spacial score (nSPS) is 36.3. The highest BCUT2D eigenvalue weighted by Gasteiger charge is 2.32. The van der Waals surface area contributed by atoms with E-state index < -0.39 is 5.97 Å². The minimum Gasteiger partial charge on any atom is -0.481 e. The van der Waals surface area contributed by atoms with Crippen molar-refractivity contribution in [3.8, 4) is 0 Å². The van der Waals surface area contributed by atoms with Gasteiger partial charge in [0.2, 0.25) is 0 Å². The maximum atomic E-state index is 11.0.